The summed E-state index contributed by atoms with van der Waals surface area (Å²) >= 11 is 6.43. The number of dihydropyridines is 1. The molecule has 0 aliphatic carbocycles. The molecule has 0 saturated heterocycles. The monoisotopic (exact) mass is 363 g/mol. The summed E-state index contributed by atoms with van der Waals surface area (Å²) in [6.45, 7) is 3.81. The molecule has 0 radical (unpaired) electrons. The molecule has 0 spiro atoms. The van der Waals surface area contributed by atoms with Crippen molar-refractivity contribution < 1.29 is 19.1 Å². The van der Waals surface area contributed by atoms with Crippen LogP contribution >= 0.6 is 11.6 Å². The van der Waals surface area contributed by atoms with Crippen LogP contribution in [0, 0.1) is 0 Å². The van der Waals surface area contributed by atoms with E-state index in [-0.39, 0.29) is 30.7 Å². The summed E-state index contributed by atoms with van der Waals surface area (Å²) in [6, 6.07) is 7.45. The molecule has 134 valence electrons. The third kappa shape index (κ3) is 4.23. The minimum atomic E-state index is -0.342. The second-order valence-electron chi connectivity index (χ2n) is 5.89. The van der Waals surface area contributed by atoms with Gasteiger partial charge in [0.25, 0.3) is 0 Å². The number of halogens is 1. The Morgan fingerprint density at radius 2 is 1.48 bits per heavy atom. The molecule has 1 heterocycles. The van der Waals surface area contributed by atoms with Crippen LogP contribution in [0.5, 0.6) is 0 Å². The van der Waals surface area contributed by atoms with Crippen molar-refractivity contribution in [2.75, 3.05) is 14.2 Å². The van der Waals surface area contributed by atoms with Crippen molar-refractivity contribution >= 4 is 23.5 Å². The lowest BCUT2D eigenvalue weighted by Crippen LogP contribution is -2.27. The lowest BCUT2D eigenvalue weighted by Gasteiger charge is -2.32. The number of rotatable bonds is 5. The first-order valence-electron chi connectivity index (χ1n) is 7.93. The normalized spacial score (nSPS) is 15.1. The third-order valence-electron chi connectivity index (χ3n) is 4.38. The van der Waals surface area contributed by atoms with Gasteiger partial charge in [-0.3, -0.25) is 9.59 Å². The van der Waals surface area contributed by atoms with Gasteiger partial charge in [-0.15, -0.1) is 0 Å². The van der Waals surface area contributed by atoms with E-state index < -0.39 is 0 Å². The van der Waals surface area contributed by atoms with Gasteiger partial charge in [-0.2, -0.15) is 0 Å². The molecule has 0 atom stereocenters. The van der Waals surface area contributed by atoms with E-state index in [4.69, 9.17) is 21.1 Å². The summed E-state index contributed by atoms with van der Waals surface area (Å²) in [6.07, 6.45) is 0.229. The number of benzene rings is 1. The maximum atomic E-state index is 11.9. The maximum Gasteiger partial charge on any atom is 0.309 e. The molecular weight excluding hydrogens is 342 g/mol. The van der Waals surface area contributed by atoms with Gasteiger partial charge in [0.15, 0.2) is 0 Å². The Labute approximate surface area is 152 Å². The third-order valence-corrected chi connectivity index (χ3v) is 4.72. The SMILES string of the molecule is COC(=O)CC1=C(C)NC(C)=C(CC(=O)OC)C1c1ccccc1Cl. The van der Waals surface area contributed by atoms with Gasteiger partial charge >= 0.3 is 11.9 Å². The molecule has 0 fully saturated rings. The highest BCUT2D eigenvalue weighted by atomic mass is 35.5. The molecule has 0 unspecified atom stereocenters. The van der Waals surface area contributed by atoms with E-state index in [9.17, 15) is 9.59 Å². The van der Waals surface area contributed by atoms with Crippen LogP contribution in [0.2, 0.25) is 5.02 Å². The molecule has 0 saturated carbocycles. The van der Waals surface area contributed by atoms with E-state index in [0.717, 1.165) is 28.1 Å². The fourth-order valence-corrected chi connectivity index (χ4v) is 3.34. The predicted octanol–water partition coefficient (Wildman–Crippen LogP) is 3.70. The number of esters is 2. The first-order chi connectivity index (χ1) is 11.9. The van der Waals surface area contributed by atoms with Crippen molar-refractivity contribution in [3.05, 3.63) is 57.4 Å². The Hall–Kier alpha value is -2.27. The first kappa shape index (κ1) is 19.1. The average molecular weight is 364 g/mol. The predicted molar refractivity (Wildman–Crippen MR) is 96.0 cm³/mol. The molecular formula is C19H22ClNO4. The minimum absolute atomic E-state index is 0.114. The Kier molecular flexibility index (Phi) is 6.26. The molecule has 6 heteroatoms. The highest BCUT2D eigenvalue weighted by Crippen LogP contribution is 2.43. The summed E-state index contributed by atoms with van der Waals surface area (Å²) in [7, 11) is 2.71. The summed E-state index contributed by atoms with van der Waals surface area (Å²) in [5.74, 6) is -0.969. The van der Waals surface area contributed by atoms with E-state index in [2.05, 4.69) is 5.32 Å². The molecule has 0 amide bonds. The molecule has 1 aliphatic rings. The molecule has 2 rings (SSSR count). The summed E-state index contributed by atoms with van der Waals surface area (Å²) in [4.78, 5) is 23.9. The number of carbonyl (C=O) groups excluding carboxylic acids is 2. The van der Waals surface area contributed by atoms with Gasteiger partial charge in [-0.05, 0) is 36.6 Å². The van der Waals surface area contributed by atoms with E-state index in [1.165, 1.54) is 14.2 Å². The molecule has 1 aromatic carbocycles. The highest BCUT2D eigenvalue weighted by molar-refractivity contribution is 6.31. The van der Waals surface area contributed by atoms with Crippen molar-refractivity contribution in [3.8, 4) is 0 Å². The Balaban J connectivity index is 2.58. The molecule has 5 nitrogen and oxygen atoms in total. The quantitative estimate of drug-likeness (QED) is 0.808. The number of carbonyl (C=O) groups is 2. The zero-order valence-electron chi connectivity index (χ0n) is 14.8. The Bertz CT molecular complexity index is 712. The van der Waals surface area contributed by atoms with Gasteiger partial charge in [-0.1, -0.05) is 29.8 Å². The lowest BCUT2D eigenvalue weighted by molar-refractivity contribution is -0.140. The van der Waals surface area contributed by atoms with Gasteiger partial charge in [-0.25, -0.2) is 0 Å². The molecule has 0 aromatic heterocycles. The van der Waals surface area contributed by atoms with Crippen LogP contribution in [-0.4, -0.2) is 26.2 Å². The first-order valence-corrected chi connectivity index (χ1v) is 8.31. The minimum Gasteiger partial charge on any atom is -0.469 e. The molecule has 0 bridgehead atoms. The number of nitrogens with one attached hydrogen (secondary N) is 1. The van der Waals surface area contributed by atoms with Gasteiger partial charge in [0.2, 0.25) is 0 Å². The average Bonchev–Trinajstić information content (AvgIpc) is 2.59. The van der Waals surface area contributed by atoms with Crippen molar-refractivity contribution in [2.45, 2.75) is 32.6 Å². The Morgan fingerprint density at radius 1 is 1.00 bits per heavy atom. The number of ether oxygens (including phenoxy) is 2. The smallest absolute Gasteiger partial charge is 0.309 e. The zero-order chi connectivity index (χ0) is 18.6. The fraction of sp³-hybridized carbons (Fsp3) is 0.368. The van der Waals surface area contributed by atoms with E-state index >= 15 is 0 Å². The zero-order valence-corrected chi connectivity index (χ0v) is 15.6. The van der Waals surface area contributed by atoms with Crippen LogP contribution in [0.3, 0.4) is 0 Å². The van der Waals surface area contributed by atoms with Crippen LogP contribution in [0.15, 0.2) is 46.8 Å². The largest absolute Gasteiger partial charge is 0.469 e. The summed E-state index contributed by atoms with van der Waals surface area (Å²) < 4.78 is 9.68. The lowest BCUT2D eigenvalue weighted by atomic mass is 9.78. The van der Waals surface area contributed by atoms with Gasteiger partial charge in [0, 0.05) is 22.3 Å². The second kappa shape index (κ2) is 8.21. The Morgan fingerprint density at radius 3 is 1.92 bits per heavy atom. The topological polar surface area (TPSA) is 64.6 Å². The van der Waals surface area contributed by atoms with Crippen LogP contribution in [-0.2, 0) is 19.1 Å². The highest BCUT2D eigenvalue weighted by Gasteiger charge is 2.32. The standard InChI is InChI=1S/C19H22ClNO4/c1-11-14(9-17(22)24-3)19(13-7-5-6-8-16(13)20)15(12(2)21-11)10-18(23)25-4/h5-8,19,21H,9-10H2,1-4H3. The van der Waals surface area contributed by atoms with E-state index in [0.29, 0.717) is 5.02 Å². The maximum absolute atomic E-state index is 11.9. The van der Waals surface area contributed by atoms with Gasteiger partial charge < -0.3 is 14.8 Å². The van der Waals surface area contributed by atoms with E-state index in [1.807, 2.05) is 32.0 Å². The number of hydrogen-bond donors (Lipinski definition) is 1. The van der Waals surface area contributed by atoms with Crippen LogP contribution < -0.4 is 5.32 Å². The van der Waals surface area contributed by atoms with Crippen LogP contribution in [0.1, 0.15) is 38.2 Å². The van der Waals surface area contributed by atoms with Crippen LogP contribution in [0.25, 0.3) is 0 Å². The van der Waals surface area contributed by atoms with Gasteiger partial charge in [0.05, 0.1) is 27.1 Å². The second-order valence-corrected chi connectivity index (χ2v) is 6.29. The molecule has 25 heavy (non-hydrogen) atoms. The van der Waals surface area contributed by atoms with Gasteiger partial charge in [0.1, 0.15) is 0 Å². The number of hydrogen-bond acceptors (Lipinski definition) is 5. The number of allylic oxidation sites excluding steroid dienone is 2. The van der Waals surface area contributed by atoms with Crippen LogP contribution in [0.4, 0.5) is 0 Å². The molecule has 1 aliphatic heterocycles. The summed E-state index contributed by atoms with van der Waals surface area (Å²) in [5.41, 5.74) is 4.25. The van der Waals surface area contributed by atoms with Crippen molar-refractivity contribution in [3.63, 3.8) is 0 Å². The number of methoxy groups -OCH3 is 2. The van der Waals surface area contributed by atoms with Crippen molar-refractivity contribution in [1.29, 1.82) is 0 Å². The van der Waals surface area contributed by atoms with E-state index in [1.54, 1.807) is 6.07 Å². The molecule has 1 N–H and O–H groups in total. The summed E-state index contributed by atoms with van der Waals surface area (Å²) in [5, 5.41) is 3.84. The fourth-order valence-electron chi connectivity index (χ4n) is 3.09. The molecule has 1 aromatic rings. The van der Waals surface area contributed by atoms with Crippen molar-refractivity contribution in [1.82, 2.24) is 5.32 Å². The van der Waals surface area contributed by atoms with Crippen molar-refractivity contribution in [2.24, 2.45) is 0 Å².